The van der Waals surface area contributed by atoms with Crippen molar-refractivity contribution in [3.63, 3.8) is 0 Å². The van der Waals surface area contributed by atoms with Gasteiger partial charge < -0.3 is 24.7 Å². The molecular formula is C47H74N4O4. The van der Waals surface area contributed by atoms with Crippen molar-refractivity contribution in [1.29, 1.82) is 0 Å². The van der Waals surface area contributed by atoms with Crippen molar-refractivity contribution in [3.8, 4) is 0 Å². The van der Waals surface area contributed by atoms with Crippen molar-refractivity contribution in [2.24, 2.45) is 5.92 Å². The number of carbonyl (C=O) groups is 2. The van der Waals surface area contributed by atoms with E-state index in [4.69, 9.17) is 14.5 Å². The maximum absolute atomic E-state index is 14.2. The normalized spacial score (nSPS) is 13.4. The first-order valence-electron chi connectivity index (χ1n) is 20.9. The predicted molar refractivity (Wildman–Crippen MR) is 235 cm³/mol. The van der Waals surface area contributed by atoms with Gasteiger partial charge in [0.15, 0.2) is 6.29 Å². The van der Waals surface area contributed by atoms with Gasteiger partial charge >= 0.3 is 0 Å². The Bertz CT molecular complexity index is 1520. The topological polar surface area (TPSA) is 96.6 Å². The van der Waals surface area contributed by atoms with Gasteiger partial charge in [0.1, 0.15) is 18.2 Å². The number of H-pyrrole nitrogens is 1. The molecule has 1 aliphatic carbocycles. The zero-order valence-corrected chi connectivity index (χ0v) is 35.9. The van der Waals surface area contributed by atoms with Gasteiger partial charge in [-0.2, -0.15) is 0 Å². The van der Waals surface area contributed by atoms with Crippen LogP contribution in [0.15, 0.2) is 67.5 Å². The number of imidazole rings is 1. The van der Waals surface area contributed by atoms with Gasteiger partial charge in [0.2, 0.25) is 0 Å². The van der Waals surface area contributed by atoms with Crippen LogP contribution in [0.5, 0.6) is 0 Å². The number of benzene rings is 1. The van der Waals surface area contributed by atoms with E-state index in [-0.39, 0.29) is 18.4 Å². The molecule has 8 nitrogen and oxygen atoms in total. The standard InChI is InChI=1S/C41H58N4O4.C4H10.C2H6/c1-8-12-15-25-48-26-23-45(30-31(5)11-4)38-28-33(20-21-35(38)32(6)17-13-9-2)39(47)44-41(7,22-14-10-3)40-42-36-19-16-18-34(49-27-24-46)29-37(36)43-40;1-3-4-2;1-2/h11-12,15-16,18,20-21,24,28-29,31H,4,6,8-10,13-14,17,19,22-23,25-27,30H2,1-3,5,7H3,(H,42,43)(H,44,47);3-4H2,1-2H3;1-2H3/b15-12+;;. The summed E-state index contributed by atoms with van der Waals surface area (Å²) in [5, 5.41) is 3.37. The van der Waals surface area contributed by atoms with E-state index in [9.17, 15) is 9.59 Å². The fourth-order valence-corrected chi connectivity index (χ4v) is 5.80. The number of nitrogens with zero attached hydrogens (tertiary/aromatic N) is 2. The summed E-state index contributed by atoms with van der Waals surface area (Å²) >= 11 is 0. The molecule has 0 fully saturated rings. The molecule has 3 rings (SSSR count). The molecule has 1 amide bonds. The molecule has 1 aliphatic rings. The molecule has 0 saturated carbocycles. The highest BCUT2D eigenvalue weighted by Crippen LogP contribution is 2.33. The molecule has 2 atom stereocenters. The van der Waals surface area contributed by atoms with Crippen LogP contribution in [0, 0.1) is 5.92 Å². The molecule has 0 aliphatic heterocycles. The van der Waals surface area contributed by atoms with E-state index in [0.717, 1.165) is 79.6 Å². The Hall–Kier alpha value is -4.17. The number of hydrogen-bond acceptors (Lipinski definition) is 6. The number of anilines is 1. The number of aromatic nitrogens is 2. The molecule has 0 radical (unpaired) electrons. The lowest BCUT2D eigenvalue weighted by Crippen LogP contribution is -2.44. The van der Waals surface area contributed by atoms with Crippen LogP contribution in [0.25, 0.3) is 11.6 Å². The Morgan fingerprint density at radius 2 is 1.80 bits per heavy atom. The number of unbranched alkanes of at least 4 members (excludes halogenated alkanes) is 3. The first-order chi connectivity index (χ1) is 26.6. The average molecular weight is 759 g/mol. The highest BCUT2D eigenvalue weighted by Gasteiger charge is 2.33. The van der Waals surface area contributed by atoms with E-state index in [1.54, 1.807) is 0 Å². The van der Waals surface area contributed by atoms with Gasteiger partial charge in [-0.05, 0) is 62.3 Å². The summed E-state index contributed by atoms with van der Waals surface area (Å²) in [4.78, 5) is 35.9. The quantitative estimate of drug-likeness (QED) is 0.0629. The number of aldehydes is 1. The monoisotopic (exact) mass is 759 g/mol. The number of fused-ring (bicyclic) bond motifs is 1. The fraction of sp³-hybridized carbons (Fsp3) is 0.553. The Kier molecular flexibility index (Phi) is 25.1. The van der Waals surface area contributed by atoms with Crippen LogP contribution in [0.3, 0.4) is 0 Å². The minimum absolute atomic E-state index is 0.0208. The first-order valence-corrected chi connectivity index (χ1v) is 20.9. The lowest BCUT2D eigenvalue weighted by atomic mass is 9.92. The first kappa shape index (κ1) is 48.8. The molecular weight excluding hydrogens is 685 g/mol. The Morgan fingerprint density at radius 1 is 1.07 bits per heavy atom. The summed E-state index contributed by atoms with van der Waals surface area (Å²) < 4.78 is 11.5. The summed E-state index contributed by atoms with van der Waals surface area (Å²) in [6, 6.07) is 5.97. The highest BCUT2D eigenvalue weighted by molar-refractivity contribution is 5.97. The van der Waals surface area contributed by atoms with Crippen LogP contribution < -0.4 is 10.2 Å². The van der Waals surface area contributed by atoms with Gasteiger partial charge in [-0.1, -0.05) is 124 Å². The highest BCUT2D eigenvalue weighted by atomic mass is 16.5. The van der Waals surface area contributed by atoms with Crippen molar-refractivity contribution in [3.05, 3.63) is 95.8 Å². The van der Waals surface area contributed by atoms with Gasteiger partial charge in [-0.15, -0.1) is 6.58 Å². The molecule has 306 valence electrons. The minimum atomic E-state index is -0.749. The molecule has 55 heavy (non-hydrogen) atoms. The lowest BCUT2D eigenvalue weighted by molar-refractivity contribution is -0.110. The van der Waals surface area contributed by atoms with E-state index in [0.29, 0.717) is 49.7 Å². The van der Waals surface area contributed by atoms with Gasteiger partial charge in [0.25, 0.3) is 5.91 Å². The molecule has 0 spiro atoms. The Labute approximate surface area is 334 Å². The third kappa shape index (κ3) is 17.0. The number of carbonyl (C=O) groups excluding carboxylic acids is 2. The number of allylic oxidation sites excluding steroid dienone is 4. The molecule has 1 aromatic heterocycles. The lowest BCUT2D eigenvalue weighted by Gasteiger charge is -2.31. The number of aromatic amines is 1. The third-order valence-corrected chi connectivity index (χ3v) is 9.30. The molecule has 2 N–H and O–H groups in total. The summed E-state index contributed by atoms with van der Waals surface area (Å²) in [5.74, 6) is 1.34. The van der Waals surface area contributed by atoms with Crippen LogP contribution in [-0.4, -0.2) is 55.1 Å². The Morgan fingerprint density at radius 3 is 2.44 bits per heavy atom. The zero-order valence-electron chi connectivity index (χ0n) is 35.9. The SMILES string of the molecule is C=CC(C)CN(CCOC/C=C/CC)c1cc(C(=O)NC(C)(CCCC)c2nc3c([nH]2)CC=CC(OCC=O)=C3)ccc1C(=C)CCCC.CC.CCCC. The number of hydrogen-bond donors (Lipinski definition) is 2. The van der Waals surface area contributed by atoms with E-state index >= 15 is 0 Å². The number of rotatable bonds is 24. The van der Waals surface area contributed by atoms with Crippen molar-refractivity contribution in [1.82, 2.24) is 15.3 Å². The fourth-order valence-electron chi connectivity index (χ4n) is 5.80. The molecule has 1 heterocycles. The van der Waals surface area contributed by atoms with Crippen LogP contribution in [0.1, 0.15) is 153 Å². The second-order valence-corrected chi connectivity index (χ2v) is 14.0. The summed E-state index contributed by atoms with van der Waals surface area (Å²) in [6.45, 7) is 30.0. The Balaban J connectivity index is 0.00000236. The summed E-state index contributed by atoms with van der Waals surface area (Å²) in [6.07, 6.45) is 22.4. The number of nitrogens with one attached hydrogen (secondary N) is 2. The maximum Gasteiger partial charge on any atom is 0.252 e. The molecule has 8 heteroatoms. The number of ether oxygens (including phenoxy) is 2. The van der Waals surface area contributed by atoms with E-state index in [2.05, 4.69) is 88.1 Å². The van der Waals surface area contributed by atoms with Crippen LogP contribution in [0.2, 0.25) is 0 Å². The third-order valence-electron chi connectivity index (χ3n) is 9.30. The van der Waals surface area contributed by atoms with Gasteiger partial charge in [0.05, 0.1) is 24.4 Å². The average Bonchev–Trinajstić information content (AvgIpc) is 3.52. The van der Waals surface area contributed by atoms with Gasteiger partial charge in [0, 0.05) is 48.1 Å². The summed E-state index contributed by atoms with van der Waals surface area (Å²) in [5.41, 5.74) is 4.61. The minimum Gasteiger partial charge on any atom is -0.486 e. The van der Waals surface area contributed by atoms with Crippen LogP contribution in [0.4, 0.5) is 5.69 Å². The van der Waals surface area contributed by atoms with Crippen molar-refractivity contribution in [2.75, 3.05) is 37.8 Å². The van der Waals surface area contributed by atoms with E-state index in [1.165, 1.54) is 12.8 Å². The zero-order chi connectivity index (χ0) is 41.1. The van der Waals surface area contributed by atoms with Crippen LogP contribution in [-0.2, 0) is 26.2 Å². The maximum atomic E-state index is 14.2. The molecule has 0 saturated heterocycles. The second-order valence-electron chi connectivity index (χ2n) is 14.0. The van der Waals surface area contributed by atoms with Gasteiger partial charge in [-0.3, -0.25) is 9.59 Å². The molecule has 2 unspecified atom stereocenters. The summed E-state index contributed by atoms with van der Waals surface area (Å²) in [7, 11) is 0. The van der Waals surface area contributed by atoms with Crippen molar-refractivity contribution < 1.29 is 19.1 Å². The second kappa shape index (κ2) is 28.3. The van der Waals surface area contributed by atoms with Crippen molar-refractivity contribution >= 4 is 29.5 Å². The molecule has 2 aromatic rings. The largest absolute Gasteiger partial charge is 0.486 e. The molecule has 0 bridgehead atoms. The number of amides is 1. The predicted octanol–water partition coefficient (Wildman–Crippen LogP) is 11.6. The van der Waals surface area contributed by atoms with E-state index in [1.807, 2.05) is 57.2 Å². The molecule has 1 aromatic carbocycles. The smallest absolute Gasteiger partial charge is 0.252 e. The van der Waals surface area contributed by atoms with Crippen molar-refractivity contribution in [2.45, 2.75) is 132 Å². The van der Waals surface area contributed by atoms with E-state index < -0.39 is 5.54 Å². The van der Waals surface area contributed by atoms with Gasteiger partial charge in [-0.25, -0.2) is 4.98 Å². The van der Waals surface area contributed by atoms with Crippen LogP contribution >= 0.6 is 0 Å².